The molecule has 0 radical (unpaired) electrons. The normalized spacial score (nSPS) is 15.1. The topological polar surface area (TPSA) is 89.2 Å². The van der Waals surface area contributed by atoms with Crippen LogP contribution in [0.2, 0.25) is 0 Å². The largest absolute Gasteiger partial charge is 0.416 e. The number of alkyl halides is 6. The van der Waals surface area contributed by atoms with Gasteiger partial charge in [0.05, 0.1) is 23.8 Å². The lowest BCUT2D eigenvalue weighted by Crippen LogP contribution is -2.22. The zero-order valence-corrected chi connectivity index (χ0v) is 10.6. The fraction of sp³-hybridized carbons (Fsp3) is 0.455. The molecule has 0 aliphatic carbocycles. The van der Waals surface area contributed by atoms with Crippen molar-refractivity contribution in [2.24, 2.45) is 5.11 Å². The highest BCUT2D eigenvalue weighted by Crippen LogP contribution is 2.37. The Morgan fingerprint density at radius 1 is 1.00 bits per heavy atom. The van der Waals surface area contributed by atoms with E-state index < -0.39 is 47.8 Å². The Balaban J connectivity index is 3.32. The average molecular weight is 329 g/mol. The van der Waals surface area contributed by atoms with Gasteiger partial charge >= 0.3 is 12.4 Å². The van der Waals surface area contributed by atoms with Gasteiger partial charge in [-0.2, -0.15) is 26.3 Å². The predicted octanol–water partition coefficient (Wildman–Crippen LogP) is 3.43. The standard InChI is InChI=1S/C11H9F6N3O2/c12-10(13,14)6-1-5(2-7(3-6)11(15,16)17)9(22)8(21)4-19-20-18/h1-3,8-9,21-22H,4H2. The molecule has 22 heavy (non-hydrogen) atoms. The van der Waals surface area contributed by atoms with Crippen LogP contribution in [0.5, 0.6) is 0 Å². The second-order valence-corrected chi connectivity index (χ2v) is 4.26. The number of rotatable bonds is 4. The van der Waals surface area contributed by atoms with Crippen LogP contribution in [-0.2, 0) is 12.4 Å². The van der Waals surface area contributed by atoms with E-state index in [1.807, 2.05) is 0 Å². The van der Waals surface area contributed by atoms with Crippen LogP contribution in [0.1, 0.15) is 22.8 Å². The van der Waals surface area contributed by atoms with Gasteiger partial charge in [0.1, 0.15) is 6.10 Å². The van der Waals surface area contributed by atoms with E-state index in [-0.39, 0.29) is 6.07 Å². The van der Waals surface area contributed by atoms with E-state index in [2.05, 4.69) is 10.0 Å². The summed E-state index contributed by atoms with van der Waals surface area (Å²) in [5, 5.41) is 21.9. The van der Waals surface area contributed by atoms with Crippen molar-refractivity contribution in [1.82, 2.24) is 0 Å². The molecule has 0 amide bonds. The minimum Gasteiger partial charge on any atom is -0.390 e. The highest BCUT2D eigenvalue weighted by atomic mass is 19.4. The van der Waals surface area contributed by atoms with Crippen molar-refractivity contribution in [3.63, 3.8) is 0 Å². The van der Waals surface area contributed by atoms with Crippen LogP contribution in [0, 0.1) is 0 Å². The Labute approximate surface area is 119 Å². The molecular weight excluding hydrogens is 320 g/mol. The van der Waals surface area contributed by atoms with Crippen LogP contribution >= 0.6 is 0 Å². The molecule has 0 spiro atoms. The van der Waals surface area contributed by atoms with Crippen LogP contribution in [0.25, 0.3) is 10.4 Å². The molecule has 5 nitrogen and oxygen atoms in total. The third kappa shape index (κ3) is 4.52. The van der Waals surface area contributed by atoms with E-state index in [4.69, 9.17) is 5.53 Å². The first kappa shape index (κ1) is 18.1. The first-order chi connectivity index (χ1) is 9.96. The summed E-state index contributed by atoms with van der Waals surface area (Å²) in [7, 11) is 0. The van der Waals surface area contributed by atoms with Gasteiger partial charge in [-0.05, 0) is 29.3 Å². The molecule has 0 saturated heterocycles. The third-order valence-electron chi connectivity index (χ3n) is 2.65. The smallest absolute Gasteiger partial charge is 0.390 e. The van der Waals surface area contributed by atoms with Crippen molar-refractivity contribution >= 4 is 0 Å². The molecule has 0 fully saturated rings. The first-order valence-electron chi connectivity index (χ1n) is 5.63. The van der Waals surface area contributed by atoms with E-state index in [0.717, 1.165) is 0 Å². The van der Waals surface area contributed by atoms with Crippen molar-refractivity contribution in [3.05, 3.63) is 45.3 Å². The fourth-order valence-corrected chi connectivity index (χ4v) is 1.59. The number of azide groups is 1. The molecule has 0 aliphatic rings. The Kier molecular flexibility index (Phi) is 5.28. The molecular formula is C11H9F6N3O2. The van der Waals surface area contributed by atoms with Gasteiger partial charge < -0.3 is 10.2 Å². The Hall–Kier alpha value is -1.97. The minimum atomic E-state index is -5.06. The monoisotopic (exact) mass is 329 g/mol. The first-order valence-corrected chi connectivity index (χ1v) is 5.63. The molecule has 0 aliphatic heterocycles. The van der Waals surface area contributed by atoms with Gasteiger partial charge in [-0.3, -0.25) is 0 Å². The lowest BCUT2D eigenvalue weighted by atomic mass is 9.98. The minimum absolute atomic E-state index is 0.101. The summed E-state index contributed by atoms with van der Waals surface area (Å²) in [6.07, 6.45) is -14.0. The number of hydrogen-bond acceptors (Lipinski definition) is 3. The highest BCUT2D eigenvalue weighted by Gasteiger charge is 2.37. The van der Waals surface area contributed by atoms with Gasteiger partial charge in [-0.1, -0.05) is 5.11 Å². The molecule has 0 bridgehead atoms. The van der Waals surface area contributed by atoms with Crippen LogP contribution in [0.15, 0.2) is 23.3 Å². The van der Waals surface area contributed by atoms with Gasteiger partial charge in [-0.15, -0.1) is 0 Å². The highest BCUT2D eigenvalue weighted by molar-refractivity contribution is 5.35. The van der Waals surface area contributed by atoms with Crippen LogP contribution in [0.3, 0.4) is 0 Å². The molecule has 1 aromatic rings. The number of benzene rings is 1. The molecule has 2 N–H and O–H groups in total. The third-order valence-corrected chi connectivity index (χ3v) is 2.65. The molecule has 11 heteroatoms. The summed E-state index contributed by atoms with van der Waals surface area (Å²) in [6, 6.07) is 0.481. The van der Waals surface area contributed by atoms with Crippen LogP contribution < -0.4 is 0 Å². The number of halogens is 6. The number of aliphatic hydroxyl groups excluding tert-OH is 2. The van der Waals surface area contributed by atoms with E-state index in [9.17, 15) is 36.6 Å². The molecule has 0 heterocycles. The van der Waals surface area contributed by atoms with Crippen LogP contribution in [0.4, 0.5) is 26.3 Å². The maximum Gasteiger partial charge on any atom is 0.416 e. The quantitative estimate of drug-likeness (QED) is 0.383. The molecule has 122 valence electrons. The fourth-order valence-electron chi connectivity index (χ4n) is 1.59. The predicted molar refractivity (Wildman–Crippen MR) is 61.4 cm³/mol. The number of aliphatic hydroxyl groups is 2. The molecule has 0 aromatic heterocycles. The van der Waals surface area contributed by atoms with Crippen molar-refractivity contribution in [1.29, 1.82) is 0 Å². The molecule has 2 atom stereocenters. The summed E-state index contributed by atoms with van der Waals surface area (Å²) >= 11 is 0. The van der Waals surface area contributed by atoms with Gasteiger partial charge in [-0.25, -0.2) is 0 Å². The van der Waals surface area contributed by atoms with Crippen LogP contribution in [-0.4, -0.2) is 22.9 Å². The Morgan fingerprint density at radius 3 is 1.82 bits per heavy atom. The molecule has 0 saturated carbocycles. The van der Waals surface area contributed by atoms with Crippen molar-refractivity contribution in [2.45, 2.75) is 24.6 Å². The van der Waals surface area contributed by atoms with Crippen molar-refractivity contribution in [3.8, 4) is 0 Å². The maximum absolute atomic E-state index is 12.6. The van der Waals surface area contributed by atoms with Gasteiger partial charge in [0.2, 0.25) is 0 Å². The Morgan fingerprint density at radius 2 is 1.45 bits per heavy atom. The summed E-state index contributed by atoms with van der Waals surface area (Å²) in [5.41, 5.74) is 4.01. The maximum atomic E-state index is 12.6. The average Bonchev–Trinajstić information content (AvgIpc) is 2.41. The lowest BCUT2D eigenvalue weighted by molar-refractivity contribution is -0.143. The molecule has 1 aromatic carbocycles. The van der Waals surface area contributed by atoms with E-state index in [1.54, 1.807) is 0 Å². The number of hydrogen-bond donors (Lipinski definition) is 2. The summed E-state index contributed by atoms with van der Waals surface area (Å²) < 4.78 is 75.8. The second kappa shape index (κ2) is 6.42. The zero-order valence-electron chi connectivity index (χ0n) is 10.6. The summed E-state index contributed by atoms with van der Waals surface area (Å²) in [6.45, 7) is -0.713. The zero-order chi connectivity index (χ0) is 17.1. The second-order valence-electron chi connectivity index (χ2n) is 4.26. The van der Waals surface area contributed by atoms with Gasteiger partial charge in [0, 0.05) is 4.91 Å². The summed E-state index contributed by atoms with van der Waals surface area (Å²) in [4.78, 5) is 2.26. The van der Waals surface area contributed by atoms with Gasteiger partial charge in [0.15, 0.2) is 0 Å². The van der Waals surface area contributed by atoms with Crippen molar-refractivity contribution < 1.29 is 36.6 Å². The summed E-state index contributed by atoms with van der Waals surface area (Å²) in [5.74, 6) is 0. The molecule has 1 rings (SSSR count). The number of nitrogens with zero attached hydrogens (tertiary/aromatic N) is 3. The van der Waals surface area contributed by atoms with Crippen molar-refractivity contribution in [2.75, 3.05) is 6.54 Å². The SMILES string of the molecule is [N-]=[N+]=NCC(O)C(O)c1cc(C(F)(F)F)cc(C(F)(F)F)c1. The van der Waals surface area contributed by atoms with E-state index in [1.165, 1.54) is 0 Å². The van der Waals surface area contributed by atoms with Gasteiger partial charge in [0.25, 0.3) is 0 Å². The van der Waals surface area contributed by atoms with E-state index >= 15 is 0 Å². The van der Waals surface area contributed by atoms with E-state index in [0.29, 0.717) is 12.1 Å². The molecule has 2 unspecified atom stereocenters. The lowest BCUT2D eigenvalue weighted by Gasteiger charge is -2.20. The Bertz CT molecular complexity index is 548.